The van der Waals surface area contributed by atoms with E-state index in [0.717, 1.165) is 55.9 Å². The molecule has 38 heavy (non-hydrogen) atoms. The molecular formula is C26H26F3N7OS. The van der Waals surface area contributed by atoms with Crippen LogP contribution in [0.4, 0.5) is 30.6 Å². The highest BCUT2D eigenvalue weighted by molar-refractivity contribution is 7.16. The minimum Gasteiger partial charge on any atom is -0.369 e. The lowest BCUT2D eigenvalue weighted by Crippen LogP contribution is -2.72. The Hall–Kier alpha value is -3.25. The lowest BCUT2D eigenvalue weighted by Gasteiger charge is -2.61. The van der Waals surface area contributed by atoms with E-state index in [2.05, 4.69) is 42.3 Å². The van der Waals surface area contributed by atoms with Gasteiger partial charge in [-0.2, -0.15) is 0 Å². The van der Waals surface area contributed by atoms with E-state index in [1.165, 1.54) is 6.07 Å². The first-order valence-electron chi connectivity index (χ1n) is 12.7. The van der Waals surface area contributed by atoms with Crippen molar-refractivity contribution in [2.45, 2.75) is 31.1 Å². The number of likely N-dealkylation sites (tertiary alicyclic amines) is 1. The van der Waals surface area contributed by atoms with Gasteiger partial charge in [0.2, 0.25) is 11.9 Å². The van der Waals surface area contributed by atoms with Crippen LogP contribution >= 0.6 is 11.3 Å². The summed E-state index contributed by atoms with van der Waals surface area (Å²) in [7, 11) is 0. The van der Waals surface area contributed by atoms with E-state index >= 15 is 0 Å². The van der Waals surface area contributed by atoms with Crippen LogP contribution in [0.3, 0.4) is 0 Å². The summed E-state index contributed by atoms with van der Waals surface area (Å²) in [5, 5.41) is 5.73. The second-order valence-electron chi connectivity index (χ2n) is 11.1. The topological polar surface area (TPSA) is 86.3 Å². The maximum absolute atomic E-state index is 14.8. The highest BCUT2D eigenvalue weighted by atomic mass is 32.1. The number of amides is 1. The van der Waals surface area contributed by atoms with Crippen molar-refractivity contribution >= 4 is 34.7 Å². The number of hydrogen-bond donors (Lipinski definition) is 2. The Labute approximate surface area is 221 Å². The number of aromatic nitrogens is 3. The summed E-state index contributed by atoms with van der Waals surface area (Å²) in [5.74, 6) is -3.08. The van der Waals surface area contributed by atoms with Gasteiger partial charge in [0.15, 0.2) is 5.82 Å². The van der Waals surface area contributed by atoms with E-state index in [4.69, 9.17) is 0 Å². The summed E-state index contributed by atoms with van der Waals surface area (Å²) in [4.78, 5) is 31.1. The van der Waals surface area contributed by atoms with Gasteiger partial charge in [-0.25, -0.2) is 28.1 Å². The Balaban J connectivity index is 1.08. The highest BCUT2D eigenvalue weighted by Crippen LogP contribution is 2.57. The van der Waals surface area contributed by atoms with Crippen LogP contribution in [-0.4, -0.2) is 71.0 Å². The molecule has 12 heteroatoms. The Kier molecular flexibility index (Phi) is 5.10. The molecule has 6 heterocycles. The number of hydrogen-bond acceptors (Lipinski definition) is 8. The first-order valence-corrected chi connectivity index (χ1v) is 13.5. The van der Waals surface area contributed by atoms with Crippen molar-refractivity contribution in [1.82, 2.24) is 25.2 Å². The number of pyridine rings is 1. The molecule has 198 valence electrons. The van der Waals surface area contributed by atoms with Crippen molar-refractivity contribution in [1.29, 1.82) is 0 Å². The highest BCUT2D eigenvalue weighted by Gasteiger charge is 2.60. The Morgan fingerprint density at radius 3 is 2.61 bits per heavy atom. The van der Waals surface area contributed by atoms with Crippen LogP contribution in [0.15, 0.2) is 30.6 Å². The third-order valence-corrected chi connectivity index (χ3v) is 9.58. The molecule has 1 saturated carbocycles. The molecule has 3 aromatic rings. The number of nitrogens with zero attached hydrogens (tertiary/aromatic N) is 5. The molecule has 0 aromatic carbocycles. The first-order chi connectivity index (χ1) is 18.2. The van der Waals surface area contributed by atoms with Crippen LogP contribution in [0.25, 0.3) is 10.6 Å². The lowest BCUT2D eigenvalue weighted by molar-refractivity contribution is -0.125. The molecule has 7 rings (SSSR count). The van der Waals surface area contributed by atoms with Gasteiger partial charge in [-0.15, -0.1) is 11.3 Å². The number of carbonyl (C=O) groups is 1. The van der Waals surface area contributed by atoms with Crippen molar-refractivity contribution in [2.75, 3.05) is 49.5 Å². The fourth-order valence-electron chi connectivity index (χ4n) is 6.35. The minimum absolute atomic E-state index is 0.0139. The second kappa shape index (κ2) is 8.12. The molecule has 2 spiro atoms. The first kappa shape index (κ1) is 23.8. The van der Waals surface area contributed by atoms with Gasteiger partial charge in [0, 0.05) is 61.3 Å². The average molecular weight is 542 g/mol. The number of rotatable bonds is 5. The van der Waals surface area contributed by atoms with Gasteiger partial charge < -0.3 is 20.4 Å². The van der Waals surface area contributed by atoms with E-state index in [-0.39, 0.29) is 36.9 Å². The van der Waals surface area contributed by atoms with E-state index < -0.39 is 17.2 Å². The molecule has 1 aliphatic carbocycles. The van der Waals surface area contributed by atoms with Crippen molar-refractivity contribution in [3.63, 3.8) is 0 Å². The Morgan fingerprint density at radius 2 is 1.92 bits per heavy atom. The van der Waals surface area contributed by atoms with Gasteiger partial charge in [0.25, 0.3) is 5.91 Å². The van der Waals surface area contributed by atoms with E-state index in [1.54, 1.807) is 6.20 Å². The summed E-state index contributed by atoms with van der Waals surface area (Å²) in [6.07, 6.45) is 2.20. The van der Waals surface area contributed by atoms with Crippen LogP contribution in [0.2, 0.25) is 0 Å². The monoisotopic (exact) mass is 541 g/mol. The average Bonchev–Trinajstić information content (AvgIpc) is 3.28. The standard InChI is InChI=1S/C26H26F3N7OS/c1-2-35-11-24(12-35)13-36(14-24)15-3-4-19(30-6-15)33-23-31-7-17(27)20(34-23)18-5-16-21(38-18)25(10-32-22(16)37)8-26(28,29)9-25/h3-7H,2,8-14H2,1H3,(H,32,37)(H,30,31,33,34). The van der Waals surface area contributed by atoms with E-state index in [9.17, 15) is 18.0 Å². The van der Waals surface area contributed by atoms with Gasteiger partial charge in [-0.3, -0.25) is 4.79 Å². The summed E-state index contributed by atoms with van der Waals surface area (Å²) in [5.41, 5.74) is 0.991. The summed E-state index contributed by atoms with van der Waals surface area (Å²) in [6.45, 7) is 7.82. The third kappa shape index (κ3) is 3.76. The summed E-state index contributed by atoms with van der Waals surface area (Å²) >= 11 is 1.15. The smallest absolute Gasteiger partial charge is 0.252 e. The predicted molar refractivity (Wildman–Crippen MR) is 138 cm³/mol. The summed E-state index contributed by atoms with van der Waals surface area (Å²) < 4.78 is 42.4. The molecule has 3 aromatic heterocycles. The Morgan fingerprint density at radius 1 is 1.13 bits per heavy atom. The number of alkyl halides is 2. The van der Waals surface area contributed by atoms with Gasteiger partial charge in [0.05, 0.1) is 28.5 Å². The van der Waals surface area contributed by atoms with Crippen molar-refractivity contribution < 1.29 is 18.0 Å². The number of carbonyl (C=O) groups excluding carboxylic acids is 1. The van der Waals surface area contributed by atoms with Gasteiger partial charge >= 0.3 is 0 Å². The summed E-state index contributed by atoms with van der Waals surface area (Å²) in [6, 6.07) is 5.36. The van der Waals surface area contributed by atoms with Crippen LogP contribution in [0.5, 0.6) is 0 Å². The molecule has 3 fully saturated rings. The lowest BCUT2D eigenvalue weighted by atomic mass is 9.63. The predicted octanol–water partition coefficient (Wildman–Crippen LogP) is 4.04. The molecule has 8 nitrogen and oxygen atoms in total. The molecule has 0 bridgehead atoms. The Bertz CT molecular complexity index is 1420. The molecule has 0 atom stereocenters. The van der Waals surface area contributed by atoms with Crippen molar-refractivity contribution in [2.24, 2.45) is 5.41 Å². The molecule has 2 saturated heterocycles. The third-order valence-electron chi connectivity index (χ3n) is 8.19. The molecule has 0 unspecified atom stereocenters. The zero-order valence-electron chi connectivity index (χ0n) is 20.7. The second-order valence-corrected chi connectivity index (χ2v) is 12.2. The van der Waals surface area contributed by atoms with Crippen LogP contribution in [0, 0.1) is 11.2 Å². The van der Waals surface area contributed by atoms with Crippen molar-refractivity contribution in [3.8, 4) is 10.6 Å². The number of halogens is 3. The minimum atomic E-state index is -2.76. The van der Waals surface area contributed by atoms with Crippen LogP contribution in [-0.2, 0) is 5.41 Å². The quantitative estimate of drug-likeness (QED) is 0.504. The van der Waals surface area contributed by atoms with Crippen LogP contribution in [0.1, 0.15) is 35.0 Å². The molecule has 4 aliphatic rings. The van der Waals surface area contributed by atoms with Crippen LogP contribution < -0.4 is 15.5 Å². The zero-order valence-corrected chi connectivity index (χ0v) is 21.5. The largest absolute Gasteiger partial charge is 0.369 e. The molecule has 2 N–H and O–H groups in total. The molecule has 1 amide bonds. The number of fused-ring (bicyclic) bond motifs is 2. The molecule has 0 radical (unpaired) electrons. The van der Waals surface area contributed by atoms with Gasteiger partial charge in [-0.05, 0) is 24.7 Å². The number of nitrogens with one attached hydrogen (secondary N) is 2. The number of thiophene rings is 1. The normalized spacial score (nSPS) is 22.3. The number of anilines is 3. The fraction of sp³-hybridized carbons (Fsp3) is 0.462. The van der Waals surface area contributed by atoms with Crippen molar-refractivity contribution in [3.05, 3.63) is 46.9 Å². The molecular weight excluding hydrogens is 515 g/mol. The molecule has 3 aliphatic heterocycles. The zero-order chi connectivity index (χ0) is 26.3. The SMILES string of the molecule is CCN1CC2(C1)CN(c1ccc(Nc3ncc(F)c(-c4cc5c(s4)C4(CNC5=O)CC(F)(F)C4)n3)nc1)C2. The van der Waals surface area contributed by atoms with Gasteiger partial charge in [-0.1, -0.05) is 6.92 Å². The maximum atomic E-state index is 14.8. The van der Waals surface area contributed by atoms with E-state index in [0.29, 0.717) is 26.6 Å². The fourth-order valence-corrected chi connectivity index (χ4v) is 7.68. The van der Waals surface area contributed by atoms with E-state index in [1.807, 2.05) is 12.1 Å². The maximum Gasteiger partial charge on any atom is 0.252 e. The van der Waals surface area contributed by atoms with Gasteiger partial charge in [0.1, 0.15) is 11.5 Å².